The Morgan fingerprint density at radius 3 is 2.09 bits per heavy atom. The molecule has 162 valence electrons. The lowest BCUT2D eigenvalue weighted by atomic mass is 10.0. The standard InChI is InChI=1S/C24H21N3O4S/c25-21(28)16-27-23(24(29)18-11-5-2-6-12-18)22(26-15-17-9-3-1-4-10-17)19-13-7-8-14-20(19)32(27,30)31/h1-14,26H,15-16H2,(H2,25,28). The summed E-state index contributed by atoms with van der Waals surface area (Å²) >= 11 is 0. The highest BCUT2D eigenvalue weighted by Crippen LogP contribution is 2.37. The van der Waals surface area contributed by atoms with Crippen LogP contribution in [0.25, 0.3) is 5.70 Å². The molecule has 0 radical (unpaired) electrons. The van der Waals surface area contributed by atoms with Crippen LogP contribution in [0, 0.1) is 0 Å². The molecule has 0 saturated carbocycles. The first-order valence-corrected chi connectivity index (χ1v) is 11.4. The Morgan fingerprint density at radius 2 is 1.44 bits per heavy atom. The molecule has 8 heteroatoms. The molecule has 0 aliphatic carbocycles. The van der Waals surface area contributed by atoms with E-state index in [1.54, 1.807) is 48.5 Å². The predicted octanol–water partition coefficient (Wildman–Crippen LogP) is 2.52. The predicted molar refractivity (Wildman–Crippen MR) is 121 cm³/mol. The van der Waals surface area contributed by atoms with E-state index < -0.39 is 28.3 Å². The van der Waals surface area contributed by atoms with Gasteiger partial charge in [-0.25, -0.2) is 8.42 Å². The molecule has 0 unspecified atom stereocenters. The van der Waals surface area contributed by atoms with Crippen LogP contribution in [0.1, 0.15) is 21.5 Å². The largest absolute Gasteiger partial charge is 0.379 e. The molecule has 4 rings (SSSR count). The minimum Gasteiger partial charge on any atom is -0.379 e. The van der Waals surface area contributed by atoms with E-state index in [-0.39, 0.29) is 10.6 Å². The topological polar surface area (TPSA) is 110 Å². The fourth-order valence-electron chi connectivity index (χ4n) is 3.61. The lowest BCUT2D eigenvalue weighted by Gasteiger charge is -2.33. The molecule has 7 nitrogen and oxygen atoms in total. The zero-order chi connectivity index (χ0) is 22.7. The fraction of sp³-hybridized carbons (Fsp3) is 0.0833. The maximum atomic E-state index is 13.6. The first-order valence-electron chi connectivity index (χ1n) is 9.92. The summed E-state index contributed by atoms with van der Waals surface area (Å²) in [5.74, 6) is -1.39. The molecule has 0 fully saturated rings. The Morgan fingerprint density at radius 1 is 0.844 bits per heavy atom. The van der Waals surface area contributed by atoms with E-state index in [1.807, 2.05) is 30.3 Å². The fourth-order valence-corrected chi connectivity index (χ4v) is 5.26. The Labute approximate surface area is 186 Å². The van der Waals surface area contributed by atoms with E-state index >= 15 is 0 Å². The number of amides is 1. The molecule has 0 saturated heterocycles. The average molecular weight is 448 g/mol. The summed E-state index contributed by atoms with van der Waals surface area (Å²) in [6.45, 7) is -0.304. The van der Waals surface area contributed by atoms with Gasteiger partial charge in [-0.3, -0.25) is 13.9 Å². The van der Waals surface area contributed by atoms with Crippen LogP contribution in [0.2, 0.25) is 0 Å². The minimum absolute atomic E-state index is 0.00132. The van der Waals surface area contributed by atoms with Crippen LogP contribution < -0.4 is 11.1 Å². The SMILES string of the molecule is NC(=O)CN1C(C(=O)c2ccccc2)=C(NCc2ccccc2)c2ccccc2S1(=O)=O. The maximum absolute atomic E-state index is 13.6. The van der Waals surface area contributed by atoms with Gasteiger partial charge in [0.05, 0.1) is 10.6 Å². The molecule has 0 spiro atoms. The zero-order valence-electron chi connectivity index (χ0n) is 17.1. The quantitative estimate of drug-likeness (QED) is 0.541. The van der Waals surface area contributed by atoms with Crippen LogP contribution in [0.4, 0.5) is 0 Å². The first-order chi connectivity index (χ1) is 15.4. The van der Waals surface area contributed by atoms with Gasteiger partial charge in [-0.1, -0.05) is 78.9 Å². The highest BCUT2D eigenvalue weighted by atomic mass is 32.2. The van der Waals surface area contributed by atoms with Crippen molar-refractivity contribution in [3.05, 3.63) is 107 Å². The van der Waals surface area contributed by atoms with E-state index in [0.717, 1.165) is 9.87 Å². The number of nitrogens with two attached hydrogens (primary N) is 1. The van der Waals surface area contributed by atoms with E-state index in [9.17, 15) is 18.0 Å². The van der Waals surface area contributed by atoms with Gasteiger partial charge < -0.3 is 11.1 Å². The average Bonchev–Trinajstić information content (AvgIpc) is 2.81. The van der Waals surface area contributed by atoms with E-state index in [4.69, 9.17) is 5.73 Å². The van der Waals surface area contributed by atoms with Crippen molar-refractivity contribution in [2.45, 2.75) is 11.4 Å². The number of carbonyl (C=O) groups excluding carboxylic acids is 2. The Hall–Kier alpha value is -3.91. The Kier molecular flexibility index (Phi) is 5.79. The number of Topliss-reactive ketones (excluding diaryl/α,β-unsaturated/α-hetero) is 1. The summed E-state index contributed by atoms with van der Waals surface area (Å²) in [7, 11) is -4.18. The number of nitrogens with one attached hydrogen (secondary N) is 1. The van der Waals surface area contributed by atoms with Crippen molar-refractivity contribution in [1.29, 1.82) is 0 Å². The number of ketones is 1. The molecule has 0 bridgehead atoms. The number of benzene rings is 3. The summed E-state index contributed by atoms with van der Waals surface area (Å²) < 4.78 is 27.6. The molecule has 1 aliphatic heterocycles. The van der Waals surface area contributed by atoms with Crippen LogP contribution in [-0.4, -0.2) is 31.0 Å². The summed E-state index contributed by atoms with van der Waals surface area (Å²) in [4.78, 5) is 25.4. The molecule has 3 aromatic carbocycles. The highest BCUT2D eigenvalue weighted by Gasteiger charge is 2.40. The molecular weight excluding hydrogens is 426 g/mol. The Bertz CT molecular complexity index is 1300. The molecule has 1 heterocycles. The third kappa shape index (κ3) is 4.00. The smallest absolute Gasteiger partial charge is 0.265 e. The van der Waals surface area contributed by atoms with Gasteiger partial charge in [-0.15, -0.1) is 0 Å². The number of sulfonamides is 1. The van der Waals surface area contributed by atoms with E-state index in [2.05, 4.69) is 5.32 Å². The maximum Gasteiger partial charge on any atom is 0.265 e. The summed E-state index contributed by atoms with van der Waals surface area (Å²) in [5, 5.41) is 3.24. The molecule has 0 aromatic heterocycles. The summed E-state index contributed by atoms with van der Waals surface area (Å²) in [6, 6.07) is 24.2. The molecule has 1 amide bonds. The van der Waals surface area contributed by atoms with Gasteiger partial charge in [0.25, 0.3) is 10.0 Å². The number of carbonyl (C=O) groups is 2. The Balaban J connectivity index is 1.94. The van der Waals surface area contributed by atoms with Crippen molar-refractivity contribution in [2.24, 2.45) is 5.73 Å². The number of fused-ring (bicyclic) bond motifs is 1. The second-order valence-corrected chi connectivity index (χ2v) is 9.06. The van der Waals surface area contributed by atoms with Gasteiger partial charge in [0.2, 0.25) is 11.7 Å². The van der Waals surface area contributed by atoms with Gasteiger partial charge in [0.1, 0.15) is 12.2 Å². The third-order valence-corrected chi connectivity index (χ3v) is 6.88. The first kappa shape index (κ1) is 21.3. The molecular formula is C24H21N3O4S. The number of allylic oxidation sites excluding steroid dienone is 1. The van der Waals surface area contributed by atoms with Crippen LogP contribution in [-0.2, 0) is 21.4 Å². The monoisotopic (exact) mass is 447 g/mol. The van der Waals surface area contributed by atoms with Crippen LogP contribution in [0.5, 0.6) is 0 Å². The van der Waals surface area contributed by atoms with E-state index in [1.165, 1.54) is 6.07 Å². The van der Waals surface area contributed by atoms with Crippen molar-refractivity contribution in [1.82, 2.24) is 9.62 Å². The van der Waals surface area contributed by atoms with Crippen LogP contribution in [0.15, 0.2) is 95.5 Å². The highest BCUT2D eigenvalue weighted by molar-refractivity contribution is 7.89. The number of primary amides is 1. The summed E-state index contributed by atoms with van der Waals surface area (Å²) in [6.07, 6.45) is 0. The van der Waals surface area contributed by atoms with Gasteiger partial charge in [-0.2, -0.15) is 0 Å². The van der Waals surface area contributed by atoms with Crippen LogP contribution >= 0.6 is 0 Å². The lowest BCUT2D eigenvalue weighted by molar-refractivity contribution is -0.117. The second-order valence-electron chi connectivity index (χ2n) is 7.23. The second kappa shape index (κ2) is 8.68. The summed E-state index contributed by atoms with van der Waals surface area (Å²) in [5.41, 5.74) is 7.17. The van der Waals surface area contributed by atoms with Gasteiger partial charge in [0.15, 0.2) is 0 Å². The zero-order valence-corrected chi connectivity index (χ0v) is 17.9. The van der Waals surface area contributed by atoms with E-state index in [0.29, 0.717) is 23.4 Å². The van der Waals surface area contributed by atoms with Crippen molar-refractivity contribution in [3.8, 4) is 0 Å². The van der Waals surface area contributed by atoms with Gasteiger partial charge >= 0.3 is 0 Å². The van der Waals surface area contributed by atoms with Crippen molar-refractivity contribution in [3.63, 3.8) is 0 Å². The van der Waals surface area contributed by atoms with Crippen molar-refractivity contribution >= 4 is 27.4 Å². The van der Waals surface area contributed by atoms with Crippen LogP contribution in [0.3, 0.4) is 0 Å². The lowest BCUT2D eigenvalue weighted by Crippen LogP contribution is -2.44. The molecule has 3 N–H and O–H groups in total. The number of hydrogen-bond donors (Lipinski definition) is 2. The minimum atomic E-state index is -4.18. The van der Waals surface area contributed by atoms with Gasteiger partial charge in [-0.05, 0) is 11.6 Å². The normalized spacial score (nSPS) is 14.6. The van der Waals surface area contributed by atoms with Crippen molar-refractivity contribution < 1.29 is 18.0 Å². The van der Waals surface area contributed by atoms with Gasteiger partial charge in [0, 0.05) is 17.7 Å². The van der Waals surface area contributed by atoms with Crippen molar-refractivity contribution in [2.75, 3.05) is 6.54 Å². The molecule has 32 heavy (non-hydrogen) atoms. The number of hydrogen-bond acceptors (Lipinski definition) is 5. The molecule has 1 aliphatic rings. The number of rotatable bonds is 7. The number of nitrogens with zero attached hydrogens (tertiary/aromatic N) is 1. The molecule has 0 atom stereocenters. The third-order valence-electron chi connectivity index (χ3n) is 5.07. The molecule has 3 aromatic rings.